The molecular formula is C9H13N3. The zero-order valence-corrected chi connectivity index (χ0v) is 7.41. The molecule has 0 bridgehead atoms. The predicted octanol–water partition coefficient (Wildman–Crippen LogP) is 1.24. The minimum absolute atomic E-state index is 0.274. The molecule has 0 aliphatic heterocycles. The molecule has 0 saturated heterocycles. The molecule has 0 fully saturated rings. The van der Waals surface area contributed by atoms with Gasteiger partial charge in [-0.3, -0.25) is 0 Å². The summed E-state index contributed by atoms with van der Waals surface area (Å²) in [7, 11) is 1.94. The van der Waals surface area contributed by atoms with Gasteiger partial charge in [0.25, 0.3) is 0 Å². The maximum atomic E-state index is 5.18. The van der Waals surface area contributed by atoms with Crippen LogP contribution in [0.25, 0.3) is 0 Å². The van der Waals surface area contributed by atoms with Gasteiger partial charge in [-0.2, -0.15) is 0 Å². The standard InChI is InChI=1S/C9H13N3/c1-4-5-8(2)11-9-10-6-7-12(9)3/h1,6-8H,5H2,2-3H3,(H,10,11). The maximum absolute atomic E-state index is 5.18. The fourth-order valence-electron chi connectivity index (χ4n) is 0.953. The van der Waals surface area contributed by atoms with Crippen LogP contribution in [0, 0.1) is 12.3 Å². The molecule has 64 valence electrons. The van der Waals surface area contributed by atoms with Crippen LogP contribution in [0.5, 0.6) is 0 Å². The Morgan fingerprint density at radius 2 is 2.58 bits per heavy atom. The summed E-state index contributed by atoms with van der Waals surface area (Å²) in [5.74, 6) is 3.46. The average molecular weight is 163 g/mol. The third-order valence-corrected chi connectivity index (χ3v) is 1.62. The van der Waals surface area contributed by atoms with Gasteiger partial charge in [-0.1, -0.05) is 0 Å². The number of rotatable bonds is 3. The molecule has 1 rings (SSSR count). The van der Waals surface area contributed by atoms with Crippen molar-refractivity contribution in [3.05, 3.63) is 12.4 Å². The summed E-state index contributed by atoms with van der Waals surface area (Å²) in [5, 5.41) is 3.20. The van der Waals surface area contributed by atoms with Crippen molar-refractivity contribution in [2.75, 3.05) is 5.32 Å². The van der Waals surface area contributed by atoms with E-state index in [0.717, 1.165) is 5.95 Å². The summed E-state index contributed by atoms with van der Waals surface area (Å²) >= 11 is 0. The van der Waals surface area contributed by atoms with E-state index in [9.17, 15) is 0 Å². The van der Waals surface area contributed by atoms with E-state index < -0.39 is 0 Å². The van der Waals surface area contributed by atoms with E-state index in [-0.39, 0.29) is 6.04 Å². The third kappa shape index (κ3) is 2.03. The molecule has 0 amide bonds. The Kier molecular flexibility index (Phi) is 2.76. The number of aromatic nitrogens is 2. The largest absolute Gasteiger partial charge is 0.352 e. The number of nitrogens with zero attached hydrogens (tertiary/aromatic N) is 2. The van der Waals surface area contributed by atoms with Gasteiger partial charge in [0.05, 0.1) is 0 Å². The highest BCUT2D eigenvalue weighted by Crippen LogP contribution is 2.04. The average Bonchev–Trinajstić information content (AvgIpc) is 2.37. The van der Waals surface area contributed by atoms with Crippen LogP contribution >= 0.6 is 0 Å². The zero-order valence-electron chi connectivity index (χ0n) is 7.41. The molecule has 3 nitrogen and oxygen atoms in total. The van der Waals surface area contributed by atoms with Gasteiger partial charge >= 0.3 is 0 Å². The van der Waals surface area contributed by atoms with Crippen molar-refractivity contribution in [1.29, 1.82) is 0 Å². The van der Waals surface area contributed by atoms with Gasteiger partial charge < -0.3 is 9.88 Å². The molecule has 1 aromatic heterocycles. The molecule has 0 radical (unpaired) electrons. The van der Waals surface area contributed by atoms with Crippen molar-refractivity contribution in [2.45, 2.75) is 19.4 Å². The lowest BCUT2D eigenvalue weighted by atomic mass is 10.2. The second-order valence-electron chi connectivity index (χ2n) is 2.82. The van der Waals surface area contributed by atoms with E-state index in [0.29, 0.717) is 6.42 Å². The van der Waals surface area contributed by atoms with Crippen molar-refractivity contribution in [1.82, 2.24) is 9.55 Å². The van der Waals surface area contributed by atoms with Crippen LogP contribution in [-0.2, 0) is 7.05 Å². The van der Waals surface area contributed by atoms with E-state index in [4.69, 9.17) is 6.42 Å². The summed E-state index contributed by atoms with van der Waals surface area (Å²) in [6.07, 6.45) is 9.54. The van der Waals surface area contributed by atoms with Crippen LogP contribution in [0.4, 0.5) is 5.95 Å². The lowest BCUT2D eigenvalue weighted by molar-refractivity contribution is 0.789. The molecule has 12 heavy (non-hydrogen) atoms. The summed E-state index contributed by atoms with van der Waals surface area (Å²) < 4.78 is 1.92. The quantitative estimate of drug-likeness (QED) is 0.679. The predicted molar refractivity (Wildman–Crippen MR) is 49.7 cm³/mol. The molecule has 1 heterocycles. The monoisotopic (exact) mass is 163 g/mol. The Labute approximate surface area is 72.8 Å². The van der Waals surface area contributed by atoms with Gasteiger partial charge in [-0.15, -0.1) is 12.3 Å². The number of hydrogen-bond acceptors (Lipinski definition) is 2. The highest BCUT2D eigenvalue weighted by atomic mass is 15.2. The highest BCUT2D eigenvalue weighted by molar-refractivity contribution is 5.27. The number of imidazole rings is 1. The van der Waals surface area contributed by atoms with Crippen LogP contribution in [0.15, 0.2) is 12.4 Å². The smallest absolute Gasteiger partial charge is 0.202 e. The fraction of sp³-hybridized carbons (Fsp3) is 0.444. The van der Waals surface area contributed by atoms with E-state index >= 15 is 0 Å². The highest BCUT2D eigenvalue weighted by Gasteiger charge is 2.02. The Balaban J connectivity index is 2.53. The molecule has 1 atom stereocenters. The molecule has 0 saturated carbocycles. The molecule has 1 aromatic rings. The SMILES string of the molecule is C#CCC(C)Nc1nccn1C. The third-order valence-electron chi connectivity index (χ3n) is 1.62. The number of terminal acetylenes is 1. The van der Waals surface area contributed by atoms with Gasteiger partial charge in [0.2, 0.25) is 5.95 Å². The van der Waals surface area contributed by atoms with Crippen molar-refractivity contribution >= 4 is 5.95 Å². The van der Waals surface area contributed by atoms with Crippen molar-refractivity contribution in [3.63, 3.8) is 0 Å². The summed E-state index contributed by atoms with van der Waals surface area (Å²) in [5.41, 5.74) is 0. The first-order valence-corrected chi connectivity index (χ1v) is 3.91. The fourth-order valence-corrected chi connectivity index (χ4v) is 0.953. The summed E-state index contributed by atoms with van der Waals surface area (Å²) in [6.45, 7) is 2.04. The number of hydrogen-bond donors (Lipinski definition) is 1. The normalized spacial score (nSPS) is 12.1. The Morgan fingerprint density at radius 3 is 3.08 bits per heavy atom. The summed E-state index contributed by atoms with van der Waals surface area (Å²) in [6, 6.07) is 0.274. The molecule has 0 aliphatic carbocycles. The van der Waals surface area contributed by atoms with E-state index in [1.165, 1.54) is 0 Å². The molecule has 1 unspecified atom stereocenters. The van der Waals surface area contributed by atoms with Crippen molar-refractivity contribution in [3.8, 4) is 12.3 Å². The van der Waals surface area contributed by atoms with Gasteiger partial charge in [0.1, 0.15) is 0 Å². The second-order valence-corrected chi connectivity index (χ2v) is 2.82. The minimum Gasteiger partial charge on any atom is -0.352 e. The lowest BCUT2D eigenvalue weighted by Crippen LogP contribution is -2.16. The van der Waals surface area contributed by atoms with Crippen LogP contribution in [-0.4, -0.2) is 15.6 Å². The zero-order chi connectivity index (χ0) is 8.97. The van der Waals surface area contributed by atoms with Crippen molar-refractivity contribution in [2.24, 2.45) is 7.05 Å². The summed E-state index contributed by atoms with van der Waals surface area (Å²) in [4.78, 5) is 4.12. The number of anilines is 1. The molecule has 1 N–H and O–H groups in total. The van der Waals surface area contributed by atoms with Crippen molar-refractivity contribution < 1.29 is 0 Å². The Morgan fingerprint density at radius 1 is 1.83 bits per heavy atom. The molecular weight excluding hydrogens is 150 g/mol. The maximum Gasteiger partial charge on any atom is 0.202 e. The van der Waals surface area contributed by atoms with Crippen LogP contribution in [0.2, 0.25) is 0 Å². The number of aryl methyl sites for hydroxylation is 1. The van der Waals surface area contributed by atoms with Crippen LogP contribution < -0.4 is 5.32 Å². The van der Waals surface area contributed by atoms with E-state index in [1.807, 2.05) is 24.7 Å². The Hall–Kier alpha value is -1.43. The van der Waals surface area contributed by atoms with Gasteiger partial charge in [0.15, 0.2) is 0 Å². The second kappa shape index (κ2) is 3.82. The van der Waals surface area contributed by atoms with Crippen LogP contribution in [0.1, 0.15) is 13.3 Å². The van der Waals surface area contributed by atoms with Crippen LogP contribution in [0.3, 0.4) is 0 Å². The topological polar surface area (TPSA) is 29.9 Å². The first kappa shape index (κ1) is 8.66. The number of nitrogens with one attached hydrogen (secondary N) is 1. The minimum atomic E-state index is 0.274. The first-order valence-electron chi connectivity index (χ1n) is 3.91. The lowest BCUT2D eigenvalue weighted by Gasteiger charge is -2.10. The molecule has 0 spiro atoms. The first-order chi connectivity index (χ1) is 5.74. The molecule has 0 aliphatic rings. The van der Waals surface area contributed by atoms with Gasteiger partial charge in [0, 0.05) is 31.9 Å². The van der Waals surface area contributed by atoms with Gasteiger partial charge in [-0.25, -0.2) is 4.98 Å². The molecule has 3 heteroatoms. The Bertz CT molecular complexity index is 282. The van der Waals surface area contributed by atoms with E-state index in [1.54, 1.807) is 6.20 Å². The van der Waals surface area contributed by atoms with E-state index in [2.05, 4.69) is 16.2 Å². The van der Waals surface area contributed by atoms with Gasteiger partial charge in [-0.05, 0) is 6.92 Å². The molecule has 0 aromatic carbocycles.